The molecule has 136 valence electrons. The highest BCUT2D eigenvalue weighted by Gasteiger charge is 2.16. The van der Waals surface area contributed by atoms with Gasteiger partial charge in [0.25, 0.3) is 5.56 Å². The van der Waals surface area contributed by atoms with E-state index in [0.717, 1.165) is 4.57 Å². The van der Waals surface area contributed by atoms with Crippen molar-refractivity contribution in [3.63, 3.8) is 0 Å². The first-order valence-corrected chi connectivity index (χ1v) is 8.64. The Labute approximate surface area is 151 Å². The van der Waals surface area contributed by atoms with E-state index in [0.29, 0.717) is 15.9 Å². The molecule has 2 aromatic heterocycles. The number of amides is 1. The average molecular weight is 377 g/mol. The molecule has 3 rings (SSSR count). The quantitative estimate of drug-likeness (QED) is 0.708. The first-order valence-electron chi connectivity index (χ1n) is 7.76. The van der Waals surface area contributed by atoms with Crippen LogP contribution in [-0.2, 0) is 22.6 Å². The number of ether oxygens (including phenoxy) is 1. The van der Waals surface area contributed by atoms with Crippen LogP contribution in [0.3, 0.4) is 0 Å². The summed E-state index contributed by atoms with van der Waals surface area (Å²) in [5, 5.41) is 4.30. The summed E-state index contributed by atoms with van der Waals surface area (Å²) in [5.74, 6) is -0.868. The minimum atomic E-state index is -0.577. The summed E-state index contributed by atoms with van der Waals surface area (Å²) in [4.78, 5) is 37.5. The number of nitrogens with one attached hydrogen (secondary N) is 1. The number of halogens is 1. The lowest BCUT2D eigenvalue weighted by molar-refractivity contribution is -0.116. The van der Waals surface area contributed by atoms with Gasteiger partial charge in [-0.2, -0.15) is 0 Å². The maximum atomic E-state index is 12.9. The highest BCUT2D eigenvalue weighted by Crippen LogP contribution is 2.15. The van der Waals surface area contributed by atoms with Gasteiger partial charge in [0, 0.05) is 12.8 Å². The minimum absolute atomic E-state index is 0.0988. The first-order chi connectivity index (χ1) is 12.5. The highest BCUT2D eigenvalue weighted by molar-refractivity contribution is 7.17. The van der Waals surface area contributed by atoms with E-state index in [1.54, 1.807) is 11.4 Å². The highest BCUT2D eigenvalue weighted by atomic mass is 32.1. The Kier molecular flexibility index (Phi) is 5.29. The lowest BCUT2D eigenvalue weighted by Gasteiger charge is -2.12. The number of nitrogens with zero attached hydrogens (tertiary/aromatic N) is 2. The molecule has 1 N–H and O–H groups in total. The van der Waals surface area contributed by atoms with Crippen LogP contribution in [0.15, 0.2) is 45.3 Å². The number of rotatable bonds is 6. The van der Waals surface area contributed by atoms with Crippen molar-refractivity contribution in [1.29, 1.82) is 0 Å². The van der Waals surface area contributed by atoms with Gasteiger partial charge in [-0.15, -0.1) is 11.3 Å². The molecule has 0 spiro atoms. The van der Waals surface area contributed by atoms with E-state index in [1.807, 2.05) is 0 Å². The van der Waals surface area contributed by atoms with Gasteiger partial charge < -0.3 is 10.1 Å². The number of methoxy groups -OCH3 is 1. The van der Waals surface area contributed by atoms with Crippen molar-refractivity contribution >= 4 is 33.1 Å². The fourth-order valence-corrected chi connectivity index (χ4v) is 3.39. The van der Waals surface area contributed by atoms with E-state index in [9.17, 15) is 18.8 Å². The predicted octanol–water partition coefficient (Wildman–Crippen LogP) is 1.65. The fraction of sp³-hybridized carbons (Fsp3) is 0.235. The summed E-state index contributed by atoms with van der Waals surface area (Å²) < 4.78 is 20.6. The number of hydrogen-bond acceptors (Lipinski definition) is 5. The smallest absolute Gasteiger partial charge is 0.332 e. The van der Waals surface area contributed by atoms with Crippen LogP contribution in [0, 0.1) is 5.82 Å². The SMILES string of the molecule is COCCn1c(=O)c2sccc2n(CC(=O)Nc2ccc(F)cc2)c1=O. The molecular weight excluding hydrogens is 361 g/mol. The summed E-state index contributed by atoms with van der Waals surface area (Å²) in [7, 11) is 1.48. The third-order valence-corrected chi connectivity index (χ3v) is 4.68. The van der Waals surface area contributed by atoms with Crippen LogP contribution in [0.5, 0.6) is 0 Å². The van der Waals surface area contributed by atoms with Gasteiger partial charge in [0.1, 0.15) is 17.1 Å². The predicted molar refractivity (Wildman–Crippen MR) is 97.3 cm³/mol. The molecule has 1 aromatic carbocycles. The van der Waals surface area contributed by atoms with E-state index >= 15 is 0 Å². The summed E-state index contributed by atoms with van der Waals surface area (Å²) in [5.41, 5.74) is -0.147. The molecule has 0 aliphatic carbocycles. The lowest BCUT2D eigenvalue weighted by atomic mass is 10.3. The molecule has 0 fully saturated rings. The van der Waals surface area contributed by atoms with Crippen LogP contribution in [-0.4, -0.2) is 28.8 Å². The zero-order chi connectivity index (χ0) is 18.7. The molecule has 0 aliphatic rings. The van der Waals surface area contributed by atoms with Gasteiger partial charge in [-0.25, -0.2) is 9.18 Å². The summed E-state index contributed by atoms with van der Waals surface area (Å²) in [6, 6.07) is 6.94. The second-order valence-corrected chi connectivity index (χ2v) is 6.42. The number of benzene rings is 1. The zero-order valence-corrected chi connectivity index (χ0v) is 14.7. The third-order valence-electron chi connectivity index (χ3n) is 3.79. The van der Waals surface area contributed by atoms with Gasteiger partial charge in [0.15, 0.2) is 0 Å². The second-order valence-electron chi connectivity index (χ2n) is 5.51. The molecule has 3 aromatic rings. The molecule has 0 bridgehead atoms. The van der Waals surface area contributed by atoms with Crippen LogP contribution in [0.4, 0.5) is 10.1 Å². The Morgan fingerprint density at radius 2 is 1.92 bits per heavy atom. The standard InChI is InChI=1S/C17H16FN3O4S/c1-25-8-7-20-16(23)15-13(6-9-26-15)21(17(20)24)10-14(22)19-12-4-2-11(18)3-5-12/h2-6,9H,7-8,10H2,1H3,(H,19,22). The van der Waals surface area contributed by atoms with Crippen molar-refractivity contribution in [3.05, 3.63) is 62.4 Å². The van der Waals surface area contributed by atoms with Crippen LogP contribution in [0.25, 0.3) is 10.2 Å². The van der Waals surface area contributed by atoms with Crippen molar-refractivity contribution in [3.8, 4) is 0 Å². The Morgan fingerprint density at radius 3 is 2.62 bits per heavy atom. The third kappa shape index (κ3) is 3.58. The second kappa shape index (κ2) is 7.63. The number of anilines is 1. The Bertz CT molecular complexity index is 1050. The number of hydrogen-bond donors (Lipinski definition) is 1. The van der Waals surface area contributed by atoms with E-state index in [4.69, 9.17) is 4.74 Å². The number of thiophene rings is 1. The molecule has 0 aliphatic heterocycles. The molecule has 2 heterocycles. The van der Waals surface area contributed by atoms with Crippen LogP contribution in [0.1, 0.15) is 0 Å². The van der Waals surface area contributed by atoms with Crippen molar-refractivity contribution in [2.75, 3.05) is 19.0 Å². The number of fused-ring (bicyclic) bond motifs is 1. The van der Waals surface area contributed by atoms with E-state index in [1.165, 1.54) is 47.3 Å². The Hall–Kier alpha value is -2.78. The molecule has 0 saturated carbocycles. The summed E-state index contributed by atoms with van der Waals surface area (Å²) >= 11 is 1.21. The van der Waals surface area contributed by atoms with Crippen molar-refractivity contribution in [2.24, 2.45) is 0 Å². The molecule has 0 unspecified atom stereocenters. The van der Waals surface area contributed by atoms with Crippen LogP contribution < -0.4 is 16.6 Å². The molecule has 7 nitrogen and oxygen atoms in total. The van der Waals surface area contributed by atoms with E-state index < -0.39 is 23.0 Å². The van der Waals surface area contributed by atoms with Crippen molar-refractivity contribution in [2.45, 2.75) is 13.1 Å². The van der Waals surface area contributed by atoms with Gasteiger partial charge in [0.05, 0.1) is 18.7 Å². The summed E-state index contributed by atoms with van der Waals surface area (Å²) in [6.07, 6.45) is 0. The molecule has 0 atom stereocenters. The maximum absolute atomic E-state index is 12.9. The molecule has 0 saturated heterocycles. The van der Waals surface area contributed by atoms with Gasteiger partial charge in [-0.05, 0) is 35.7 Å². The van der Waals surface area contributed by atoms with E-state index in [-0.39, 0.29) is 19.7 Å². The number of carbonyl (C=O) groups excluding carboxylic acids is 1. The maximum Gasteiger partial charge on any atom is 0.332 e. The van der Waals surface area contributed by atoms with Gasteiger partial charge in [0.2, 0.25) is 5.91 Å². The number of aromatic nitrogens is 2. The summed E-state index contributed by atoms with van der Waals surface area (Å²) in [6.45, 7) is 0.0338. The molecule has 0 radical (unpaired) electrons. The van der Waals surface area contributed by atoms with Gasteiger partial charge in [-0.1, -0.05) is 0 Å². The molecule has 26 heavy (non-hydrogen) atoms. The van der Waals surface area contributed by atoms with Crippen molar-refractivity contribution < 1.29 is 13.9 Å². The van der Waals surface area contributed by atoms with Crippen LogP contribution in [0.2, 0.25) is 0 Å². The normalized spacial score (nSPS) is 11.0. The monoisotopic (exact) mass is 377 g/mol. The molecule has 9 heteroatoms. The van der Waals surface area contributed by atoms with E-state index in [2.05, 4.69) is 5.32 Å². The Balaban J connectivity index is 1.94. The minimum Gasteiger partial charge on any atom is -0.383 e. The zero-order valence-electron chi connectivity index (χ0n) is 13.9. The first kappa shape index (κ1) is 18.0. The lowest BCUT2D eigenvalue weighted by Crippen LogP contribution is -2.42. The topological polar surface area (TPSA) is 82.3 Å². The molecular formula is C17H16FN3O4S. The van der Waals surface area contributed by atoms with Crippen LogP contribution >= 0.6 is 11.3 Å². The number of carbonyl (C=O) groups is 1. The average Bonchev–Trinajstić information content (AvgIpc) is 3.10. The largest absolute Gasteiger partial charge is 0.383 e. The fourth-order valence-electron chi connectivity index (χ4n) is 2.54. The van der Waals surface area contributed by atoms with Gasteiger partial charge >= 0.3 is 5.69 Å². The van der Waals surface area contributed by atoms with Crippen molar-refractivity contribution in [1.82, 2.24) is 9.13 Å². The van der Waals surface area contributed by atoms with Gasteiger partial charge in [-0.3, -0.25) is 18.7 Å². The Morgan fingerprint density at radius 1 is 1.19 bits per heavy atom. The molecule has 1 amide bonds.